The monoisotopic (exact) mass is 225 g/mol. The van der Waals surface area contributed by atoms with Crippen LogP contribution in [0.3, 0.4) is 0 Å². The summed E-state index contributed by atoms with van der Waals surface area (Å²) in [5.74, 6) is -1.06. The van der Waals surface area contributed by atoms with Crippen molar-refractivity contribution in [3.63, 3.8) is 0 Å². The van der Waals surface area contributed by atoms with Crippen LogP contribution in [0, 0.1) is 0 Å². The summed E-state index contributed by atoms with van der Waals surface area (Å²) >= 11 is 0. The zero-order valence-corrected chi connectivity index (χ0v) is 8.64. The van der Waals surface area contributed by atoms with Gasteiger partial charge in [-0.05, 0) is 14.0 Å². The molecule has 0 saturated carbocycles. The van der Waals surface area contributed by atoms with Crippen molar-refractivity contribution in [3.05, 3.63) is 11.6 Å². The number of carbonyl (C=O) groups is 1. The molecule has 0 spiro atoms. The molecule has 15 heavy (non-hydrogen) atoms. The fraction of sp³-hybridized carbons (Fsp3) is 0.667. The van der Waals surface area contributed by atoms with E-state index in [2.05, 4.69) is 0 Å². The van der Waals surface area contributed by atoms with Crippen molar-refractivity contribution in [2.75, 3.05) is 20.1 Å². The van der Waals surface area contributed by atoms with E-state index in [1.807, 2.05) is 0 Å². The van der Waals surface area contributed by atoms with Crippen LogP contribution >= 0.6 is 0 Å². The predicted octanol–water partition coefficient (Wildman–Crippen LogP) is 1.90. The first-order valence-electron chi connectivity index (χ1n) is 4.37. The maximum absolute atomic E-state index is 11.8. The average molecular weight is 225 g/mol. The molecule has 0 aliphatic rings. The van der Waals surface area contributed by atoms with Crippen LogP contribution in [0.2, 0.25) is 0 Å². The van der Waals surface area contributed by atoms with E-state index in [1.165, 1.54) is 24.9 Å². The SMILES string of the molecule is CC(=CCN(C)CCC(F)(F)F)C(=O)O. The third-order valence-corrected chi connectivity index (χ3v) is 1.82. The number of halogens is 3. The Morgan fingerprint density at radius 2 is 2.00 bits per heavy atom. The van der Waals surface area contributed by atoms with Crippen molar-refractivity contribution in [1.82, 2.24) is 4.90 Å². The van der Waals surface area contributed by atoms with E-state index in [9.17, 15) is 18.0 Å². The Kier molecular flexibility index (Phi) is 5.35. The van der Waals surface area contributed by atoms with Gasteiger partial charge in [0.2, 0.25) is 0 Å². The van der Waals surface area contributed by atoms with Crippen molar-refractivity contribution in [2.45, 2.75) is 19.5 Å². The minimum atomic E-state index is -4.17. The van der Waals surface area contributed by atoms with Gasteiger partial charge in [0, 0.05) is 18.7 Å². The van der Waals surface area contributed by atoms with Gasteiger partial charge in [-0.2, -0.15) is 13.2 Å². The summed E-state index contributed by atoms with van der Waals surface area (Å²) in [7, 11) is 1.51. The molecule has 0 rings (SSSR count). The van der Waals surface area contributed by atoms with Gasteiger partial charge in [0.15, 0.2) is 0 Å². The standard InChI is InChI=1S/C9H14F3NO2/c1-7(8(14)15)3-5-13(2)6-4-9(10,11)12/h3H,4-6H2,1-2H3,(H,14,15). The third kappa shape index (κ3) is 7.99. The van der Waals surface area contributed by atoms with Gasteiger partial charge < -0.3 is 10.0 Å². The number of nitrogens with zero attached hydrogens (tertiary/aromatic N) is 1. The number of carboxylic acids is 1. The van der Waals surface area contributed by atoms with E-state index in [1.54, 1.807) is 0 Å². The van der Waals surface area contributed by atoms with Crippen molar-refractivity contribution < 1.29 is 23.1 Å². The fourth-order valence-electron chi connectivity index (χ4n) is 0.789. The van der Waals surface area contributed by atoms with Gasteiger partial charge in [0.05, 0.1) is 6.42 Å². The van der Waals surface area contributed by atoms with E-state index in [4.69, 9.17) is 5.11 Å². The third-order valence-electron chi connectivity index (χ3n) is 1.82. The van der Waals surface area contributed by atoms with E-state index in [-0.39, 0.29) is 18.7 Å². The Morgan fingerprint density at radius 1 is 1.47 bits per heavy atom. The van der Waals surface area contributed by atoms with Gasteiger partial charge in [0.25, 0.3) is 0 Å². The normalized spacial score (nSPS) is 13.3. The molecule has 3 nitrogen and oxygen atoms in total. The van der Waals surface area contributed by atoms with Gasteiger partial charge in [-0.3, -0.25) is 0 Å². The second-order valence-electron chi connectivity index (χ2n) is 3.32. The van der Waals surface area contributed by atoms with Gasteiger partial charge in [-0.1, -0.05) is 6.08 Å². The minimum Gasteiger partial charge on any atom is -0.478 e. The summed E-state index contributed by atoms with van der Waals surface area (Å²) in [6.07, 6.45) is -3.66. The largest absolute Gasteiger partial charge is 0.478 e. The van der Waals surface area contributed by atoms with Crippen molar-refractivity contribution >= 4 is 5.97 Å². The topological polar surface area (TPSA) is 40.5 Å². The molecule has 0 radical (unpaired) electrons. The maximum atomic E-state index is 11.8. The van der Waals surface area contributed by atoms with Crippen LogP contribution in [-0.4, -0.2) is 42.3 Å². The molecule has 0 aromatic rings. The highest BCUT2D eigenvalue weighted by atomic mass is 19.4. The van der Waals surface area contributed by atoms with E-state index >= 15 is 0 Å². The smallest absolute Gasteiger partial charge is 0.390 e. The fourth-order valence-corrected chi connectivity index (χ4v) is 0.789. The van der Waals surface area contributed by atoms with Crippen LogP contribution in [0.4, 0.5) is 13.2 Å². The zero-order valence-electron chi connectivity index (χ0n) is 8.64. The number of carboxylic acid groups (broad SMARTS) is 1. The summed E-state index contributed by atoms with van der Waals surface area (Å²) in [5, 5.41) is 8.49. The molecule has 0 aliphatic carbocycles. The van der Waals surface area contributed by atoms with Crippen LogP contribution < -0.4 is 0 Å². The first-order chi connectivity index (χ1) is 6.72. The quantitative estimate of drug-likeness (QED) is 0.726. The molecule has 0 aromatic carbocycles. The summed E-state index contributed by atoms with van der Waals surface area (Å²) in [4.78, 5) is 11.8. The number of aliphatic carboxylic acids is 1. The highest BCUT2D eigenvalue weighted by Crippen LogP contribution is 2.19. The number of rotatable bonds is 5. The molecule has 0 amide bonds. The van der Waals surface area contributed by atoms with Gasteiger partial charge in [-0.25, -0.2) is 4.79 Å². The lowest BCUT2D eigenvalue weighted by molar-refractivity contribution is -0.137. The van der Waals surface area contributed by atoms with Crippen LogP contribution in [0.5, 0.6) is 0 Å². The lowest BCUT2D eigenvalue weighted by Gasteiger charge is -2.15. The van der Waals surface area contributed by atoms with Crippen LogP contribution in [0.1, 0.15) is 13.3 Å². The molecule has 0 saturated heterocycles. The highest BCUT2D eigenvalue weighted by molar-refractivity contribution is 5.85. The molecular formula is C9H14F3NO2. The van der Waals surface area contributed by atoms with Crippen molar-refractivity contribution in [1.29, 1.82) is 0 Å². The molecule has 0 aromatic heterocycles. The van der Waals surface area contributed by atoms with E-state index in [0.717, 1.165) is 0 Å². The molecule has 0 fully saturated rings. The molecule has 1 N–H and O–H groups in total. The van der Waals surface area contributed by atoms with Crippen LogP contribution in [0.15, 0.2) is 11.6 Å². The second kappa shape index (κ2) is 5.75. The molecule has 0 heterocycles. The number of hydrogen-bond donors (Lipinski definition) is 1. The summed E-state index contributed by atoms with van der Waals surface area (Å²) in [6.45, 7) is 1.47. The molecular weight excluding hydrogens is 211 g/mol. The first kappa shape index (κ1) is 14.0. The Hall–Kier alpha value is -1.04. The van der Waals surface area contributed by atoms with Gasteiger partial charge in [-0.15, -0.1) is 0 Å². The molecule has 6 heteroatoms. The lowest BCUT2D eigenvalue weighted by atomic mass is 10.3. The Morgan fingerprint density at radius 3 is 2.40 bits per heavy atom. The molecule has 88 valence electrons. The highest BCUT2D eigenvalue weighted by Gasteiger charge is 2.26. The predicted molar refractivity (Wildman–Crippen MR) is 49.6 cm³/mol. The summed E-state index contributed by atoms with van der Waals surface area (Å²) < 4.78 is 35.4. The Bertz CT molecular complexity index is 248. The van der Waals surface area contributed by atoms with Gasteiger partial charge >= 0.3 is 12.1 Å². The lowest BCUT2D eigenvalue weighted by Crippen LogP contribution is -2.24. The minimum absolute atomic E-state index is 0.132. The van der Waals surface area contributed by atoms with Crippen molar-refractivity contribution in [2.24, 2.45) is 0 Å². The average Bonchev–Trinajstić information content (AvgIpc) is 2.09. The molecule has 0 bridgehead atoms. The van der Waals surface area contributed by atoms with Gasteiger partial charge in [0.1, 0.15) is 0 Å². The number of likely N-dealkylation sites (N-methyl/N-ethyl adjacent to an activating group) is 1. The van der Waals surface area contributed by atoms with Crippen molar-refractivity contribution in [3.8, 4) is 0 Å². The number of hydrogen-bond acceptors (Lipinski definition) is 2. The maximum Gasteiger partial charge on any atom is 0.390 e. The Balaban J connectivity index is 3.90. The molecule has 0 atom stereocenters. The van der Waals surface area contributed by atoms with E-state index < -0.39 is 18.6 Å². The first-order valence-corrected chi connectivity index (χ1v) is 4.37. The summed E-state index contributed by atoms with van der Waals surface area (Å²) in [5.41, 5.74) is 0.133. The van der Waals surface area contributed by atoms with E-state index in [0.29, 0.717) is 0 Å². The Labute approximate surface area is 86.2 Å². The zero-order chi connectivity index (χ0) is 12.1. The summed E-state index contributed by atoms with van der Waals surface area (Å²) in [6, 6.07) is 0. The molecule has 0 aliphatic heterocycles. The number of alkyl halides is 3. The van der Waals surface area contributed by atoms with Crippen LogP contribution in [-0.2, 0) is 4.79 Å². The van der Waals surface area contributed by atoms with Crippen LogP contribution in [0.25, 0.3) is 0 Å². The molecule has 0 unspecified atom stereocenters. The second-order valence-corrected chi connectivity index (χ2v) is 3.32.